The van der Waals surface area contributed by atoms with Crippen LogP contribution in [0.15, 0.2) is 0 Å². The molecule has 1 rings (SSSR count). The van der Waals surface area contributed by atoms with E-state index in [1.807, 2.05) is 0 Å². The average Bonchev–Trinajstić information content (AvgIpc) is 2.78. The van der Waals surface area contributed by atoms with Crippen molar-refractivity contribution in [1.82, 2.24) is 15.1 Å². The number of hydrogen-bond donors (Lipinski definition) is 6. The number of nitrogens with zero attached hydrogens (tertiary/aromatic N) is 4. The average molecular weight is 578 g/mol. The Kier molecular flexibility index (Phi) is 14.5. The highest BCUT2D eigenvalue weighted by Gasteiger charge is 2.37. The second-order valence-electron chi connectivity index (χ2n) is 10.4. The molecule has 228 valence electrons. The first-order chi connectivity index (χ1) is 18.7. The molecule has 1 heterocycles. The Balaban J connectivity index is 3.43. The predicted molar refractivity (Wildman–Crippen MR) is 138 cm³/mol. The molecule has 1 amide bonds. The summed E-state index contributed by atoms with van der Waals surface area (Å²) in [4.78, 5) is 74.2. The summed E-state index contributed by atoms with van der Waals surface area (Å²) < 4.78 is -0.636. The molecule has 16 heteroatoms. The number of carboxylic acids is 5. The molecule has 0 aromatic carbocycles. The van der Waals surface area contributed by atoms with Gasteiger partial charge in [0.15, 0.2) is 26.2 Å². The molecule has 0 spiro atoms. The zero-order chi connectivity index (χ0) is 30.3. The van der Waals surface area contributed by atoms with Crippen LogP contribution < -0.4 is 5.32 Å². The topological polar surface area (TPSA) is 222 Å². The number of carbonyl (C=O) groups excluding carboxylic acids is 1. The molecule has 1 aliphatic heterocycles. The first-order valence-electron chi connectivity index (χ1n) is 13.2. The number of quaternary nitrogens is 2. The number of carboxylic acid groups (broad SMARTS) is 5. The Morgan fingerprint density at radius 2 is 0.950 bits per heavy atom. The van der Waals surface area contributed by atoms with Crippen molar-refractivity contribution in [2.45, 2.75) is 19.8 Å². The number of aliphatic carboxylic acids is 5. The number of likely N-dealkylation sites (N-methyl/N-ethyl adjacent to an activating group) is 1. The molecular weight excluding hydrogens is 534 g/mol. The zero-order valence-corrected chi connectivity index (χ0v) is 23.0. The molecule has 0 radical (unpaired) electrons. The van der Waals surface area contributed by atoms with E-state index in [0.29, 0.717) is 6.54 Å². The van der Waals surface area contributed by atoms with Crippen LogP contribution in [-0.2, 0) is 28.8 Å². The fourth-order valence-corrected chi connectivity index (χ4v) is 5.27. The molecule has 0 aromatic heterocycles. The minimum absolute atomic E-state index is 0.0342. The van der Waals surface area contributed by atoms with Crippen molar-refractivity contribution >= 4 is 35.8 Å². The van der Waals surface area contributed by atoms with Crippen LogP contribution in [0.2, 0.25) is 0 Å². The van der Waals surface area contributed by atoms with Crippen molar-refractivity contribution in [2.24, 2.45) is 0 Å². The van der Waals surface area contributed by atoms with Gasteiger partial charge in [-0.2, -0.15) is 0 Å². The molecule has 0 unspecified atom stereocenters. The van der Waals surface area contributed by atoms with Crippen LogP contribution in [0.5, 0.6) is 0 Å². The van der Waals surface area contributed by atoms with Crippen molar-refractivity contribution in [3.63, 3.8) is 0 Å². The lowest BCUT2D eigenvalue weighted by Crippen LogP contribution is -2.60. The van der Waals surface area contributed by atoms with Crippen LogP contribution in [0, 0.1) is 0 Å². The summed E-state index contributed by atoms with van der Waals surface area (Å²) in [7, 11) is 0. The van der Waals surface area contributed by atoms with Gasteiger partial charge in [-0.05, 0) is 6.92 Å². The minimum atomic E-state index is -1.20. The molecule has 6 N–H and O–H groups in total. The Morgan fingerprint density at radius 1 is 0.575 bits per heavy atom. The third-order valence-electron chi connectivity index (χ3n) is 6.98. The van der Waals surface area contributed by atoms with Gasteiger partial charge in [-0.1, -0.05) is 0 Å². The monoisotopic (exact) mass is 577 g/mol. The van der Waals surface area contributed by atoms with E-state index in [9.17, 15) is 54.3 Å². The normalized spacial score (nSPS) is 19.1. The van der Waals surface area contributed by atoms with Gasteiger partial charge in [-0.25, -0.2) is 19.2 Å². The summed E-state index contributed by atoms with van der Waals surface area (Å²) in [5.74, 6) is -6.21. The maximum Gasteiger partial charge on any atom is 0.359 e. The fraction of sp³-hybridized carbons (Fsp3) is 0.750. The lowest BCUT2D eigenvalue weighted by atomic mass is 10.2. The maximum atomic E-state index is 12.4. The third-order valence-corrected chi connectivity index (χ3v) is 6.98. The van der Waals surface area contributed by atoms with Gasteiger partial charge in [0.1, 0.15) is 0 Å². The number of amides is 1. The van der Waals surface area contributed by atoms with Crippen LogP contribution in [-0.4, -0.2) is 178 Å². The molecule has 0 bridgehead atoms. The molecule has 1 aliphatic rings. The molecule has 0 aromatic rings. The van der Waals surface area contributed by atoms with Crippen LogP contribution in [0.4, 0.5) is 0 Å². The van der Waals surface area contributed by atoms with Crippen molar-refractivity contribution in [2.75, 3.05) is 98.2 Å². The van der Waals surface area contributed by atoms with Gasteiger partial charge in [0.05, 0.1) is 39.3 Å². The Labute approximate surface area is 232 Å². The summed E-state index contributed by atoms with van der Waals surface area (Å²) >= 11 is 0. The summed E-state index contributed by atoms with van der Waals surface area (Å²) in [6.45, 7) is 0.712. The first-order valence-corrected chi connectivity index (χ1v) is 13.2. The van der Waals surface area contributed by atoms with Crippen LogP contribution in [0.25, 0.3) is 0 Å². The molecule has 0 atom stereocenters. The number of rotatable bonds is 13. The molecular formula is C24H43N5O11+2. The maximum absolute atomic E-state index is 12.4. The second-order valence-corrected chi connectivity index (χ2v) is 10.4. The van der Waals surface area contributed by atoms with E-state index < -0.39 is 62.6 Å². The van der Waals surface area contributed by atoms with E-state index in [1.165, 1.54) is 4.90 Å². The quantitative estimate of drug-likeness (QED) is 0.126. The minimum Gasteiger partial charge on any atom is -0.480 e. The third kappa shape index (κ3) is 13.6. The van der Waals surface area contributed by atoms with E-state index in [0.717, 1.165) is 0 Å². The molecule has 0 aliphatic carbocycles. The largest absolute Gasteiger partial charge is 0.480 e. The summed E-state index contributed by atoms with van der Waals surface area (Å²) in [6, 6.07) is 0. The van der Waals surface area contributed by atoms with E-state index in [2.05, 4.69) is 5.32 Å². The summed E-state index contributed by atoms with van der Waals surface area (Å²) in [5, 5.41) is 50.4. The number of nitrogens with one attached hydrogen (secondary N) is 1. The Hall–Kier alpha value is -3.34. The smallest absolute Gasteiger partial charge is 0.359 e. The highest BCUT2D eigenvalue weighted by Crippen LogP contribution is 2.15. The van der Waals surface area contributed by atoms with Crippen LogP contribution >= 0.6 is 0 Å². The second kappa shape index (κ2) is 16.7. The zero-order valence-electron chi connectivity index (χ0n) is 23.0. The van der Waals surface area contributed by atoms with E-state index in [-0.39, 0.29) is 86.6 Å². The Morgan fingerprint density at radius 3 is 1.27 bits per heavy atom. The highest BCUT2D eigenvalue weighted by molar-refractivity contribution is 5.78. The van der Waals surface area contributed by atoms with Crippen LogP contribution in [0.1, 0.15) is 19.8 Å². The van der Waals surface area contributed by atoms with E-state index in [4.69, 9.17) is 0 Å². The van der Waals surface area contributed by atoms with Gasteiger partial charge in [-0.15, -0.1) is 0 Å². The summed E-state index contributed by atoms with van der Waals surface area (Å²) in [6.07, 6.45) is 0.527. The van der Waals surface area contributed by atoms with Crippen molar-refractivity contribution in [3.05, 3.63) is 0 Å². The first kappa shape index (κ1) is 34.7. The van der Waals surface area contributed by atoms with Gasteiger partial charge >= 0.3 is 29.8 Å². The van der Waals surface area contributed by atoms with E-state index in [1.54, 1.807) is 11.8 Å². The van der Waals surface area contributed by atoms with Crippen molar-refractivity contribution in [3.8, 4) is 0 Å². The van der Waals surface area contributed by atoms with Crippen molar-refractivity contribution < 1.29 is 63.3 Å². The van der Waals surface area contributed by atoms with Crippen molar-refractivity contribution in [1.29, 1.82) is 0 Å². The van der Waals surface area contributed by atoms with Gasteiger partial charge in [0, 0.05) is 45.6 Å². The lowest BCUT2D eigenvalue weighted by molar-refractivity contribution is -0.915. The summed E-state index contributed by atoms with van der Waals surface area (Å²) in [5.41, 5.74) is 0. The number of hydrogen-bond acceptors (Lipinski definition) is 8. The van der Waals surface area contributed by atoms with Gasteiger partial charge in [0.2, 0.25) is 5.91 Å². The van der Waals surface area contributed by atoms with Crippen LogP contribution in [0.3, 0.4) is 0 Å². The molecule has 40 heavy (non-hydrogen) atoms. The molecule has 0 saturated carbocycles. The fourth-order valence-electron chi connectivity index (χ4n) is 5.27. The lowest BCUT2D eigenvalue weighted by Gasteiger charge is -2.40. The standard InChI is InChI=1S/C24H41N5O11/c1-2-25-19(30)13-26-5-3-9-29(17-23(37)38,18-24(39)40)12-8-27(14-20(31)32)6-4-10-28(11-7-26,15-21(33)34)16-22(35)36/h2-18H2,1H3,(H4-2,25,30,31,32,33,34,35,36,37,38,39,40)/p+2. The molecule has 16 nitrogen and oxygen atoms in total. The SMILES string of the molecule is CCNC(=O)CN1CCC[N+](CC(=O)O)(CC(=O)O)CCN(CC(=O)O)CCC[N+](CC(=O)O)(CC(=O)O)CC1. The van der Waals surface area contributed by atoms with E-state index >= 15 is 0 Å². The van der Waals surface area contributed by atoms with Gasteiger partial charge in [0.25, 0.3) is 0 Å². The molecule has 1 saturated heterocycles. The van der Waals surface area contributed by atoms with Gasteiger partial charge < -0.3 is 39.8 Å². The Bertz CT molecular complexity index is 882. The predicted octanol–water partition coefficient (Wildman–Crippen LogP) is -2.42. The van der Waals surface area contributed by atoms with Gasteiger partial charge in [-0.3, -0.25) is 19.4 Å². The number of carbonyl (C=O) groups is 6. The highest BCUT2D eigenvalue weighted by atomic mass is 16.4. The molecule has 1 fully saturated rings.